The van der Waals surface area contributed by atoms with Gasteiger partial charge in [0.1, 0.15) is 0 Å². The first-order valence-electron chi connectivity index (χ1n) is 2.20. The molecule has 1 N–H and O–H groups in total. The third-order valence-electron chi connectivity index (χ3n) is 0.548. The van der Waals surface area contributed by atoms with Crippen LogP contribution in [0, 0.1) is 0 Å². The molecule has 0 radical (unpaired) electrons. The summed E-state index contributed by atoms with van der Waals surface area (Å²) in [5.74, 6) is -0.445. The average Bonchev–Trinajstić information content (AvgIpc) is 1.66. The van der Waals surface area contributed by atoms with Gasteiger partial charge in [0.25, 0.3) is 0 Å². The summed E-state index contributed by atoms with van der Waals surface area (Å²) in [6, 6.07) is 0. The first kappa shape index (κ1) is 7.50. The summed E-state index contributed by atoms with van der Waals surface area (Å²) in [5.41, 5.74) is 0. The number of aliphatic carboxylic acids is 1. The lowest BCUT2D eigenvalue weighted by Gasteiger charge is -1.79. The van der Waals surface area contributed by atoms with Gasteiger partial charge >= 0.3 is 5.97 Å². The Labute approximate surface area is 52.8 Å². The van der Waals surface area contributed by atoms with E-state index >= 15 is 0 Å². The summed E-state index contributed by atoms with van der Waals surface area (Å²) in [7, 11) is 0. The number of halogens is 1. The summed E-state index contributed by atoms with van der Waals surface area (Å²) in [6.07, 6.45) is 3.19. The Morgan fingerprint density at radius 3 is 2.62 bits per heavy atom. The zero-order valence-corrected chi connectivity index (χ0v) is 5.06. The predicted octanol–water partition coefficient (Wildman–Crippen LogP) is 1.26. The summed E-state index contributed by atoms with van der Waals surface area (Å²) in [4.78, 5) is 9.78. The molecular formula is C5H7ClO2. The first-order chi connectivity index (χ1) is 3.77. The smallest absolute Gasteiger partial charge is 0.307 e. The number of hydrogen-bond donors (Lipinski definition) is 1. The van der Waals surface area contributed by atoms with Gasteiger partial charge in [-0.05, 0) is 0 Å². The fourth-order valence-electron chi connectivity index (χ4n) is 0.247. The lowest BCUT2D eigenvalue weighted by Crippen LogP contribution is -1.89. The van der Waals surface area contributed by atoms with E-state index in [1.54, 1.807) is 6.08 Å². The van der Waals surface area contributed by atoms with Crippen LogP contribution in [0.25, 0.3) is 0 Å². The minimum absolute atomic E-state index is 0.0622. The van der Waals surface area contributed by atoms with E-state index in [9.17, 15) is 4.79 Å². The molecule has 0 aliphatic carbocycles. The number of allylic oxidation sites excluding steroid dienone is 1. The molecule has 0 aromatic rings. The van der Waals surface area contributed by atoms with E-state index in [1.165, 1.54) is 6.08 Å². The maximum absolute atomic E-state index is 9.78. The molecular weight excluding hydrogens is 128 g/mol. The van der Waals surface area contributed by atoms with Crippen LogP contribution in [-0.2, 0) is 4.79 Å². The van der Waals surface area contributed by atoms with Crippen LogP contribution < -0.4 is 0 Å². The summed E-state index contributed by atoms with van der Waals surface area (Å²) >= 11 is 5.21. The minimum Gasteiger partial charge on any atom is -0.481 e. The second kappa shape index (κ2) is 4.65. The van der Waals surface area contributed by atoms with Gasteiger partial charge in [-0.15, -0.1) is 11.6 Å². The average molecular weight is 135 g/mol. The Hall–Kier alpha value is -0.500. The van der Waals surface area contributed by atoms with Crippen LogP contribution in [-0.4, -0.2) is 17.0 Å². The lowest BCUT2D eigenvalue weighted by atomic mass is 10.4. The number of carboxylic acids is 1. The molecule has 0 saturated heterocycles. The molecule has 0 aliphatic heterocycles. The van der Waals surface area contributed by atoms with Gasteiger partial charge in [-0.2, -0.15) is 0 Å². The highest BCUT2D eigenvalue weighted by Gasteiger charge is 1.86. The minimum atomic E-state index is -0.827. The number of hydrogen-bond acceptors (Lipinski definition) is 1. The van der Waals surface area contributed by atoms with E-state index in [1.807, 2.05) is 0 Å². The highest BCUT2D eigenvalue weighted by atomic mass is 35.5. The van der Waals surface area contributed by atoms with Crippen LogP contribution in [0.4, 0.5) is 0 Å². The molecule has 0 saturated carbocycles. The molecule has 3 heteroatoms. The van der Waals surface area contributed by atoms with Gasteiger partial charge in [0.15, 0.2) is 0 Å². The Kier molecular flexibility index (Phi) is 4.36. The fourth-order valence-corrected chi connectivity index (χ4v) is 0.373. The molecule has 0 heterocycles. The molecule has 0 atom stereocenters. The van der Waals surface area contributed by atoms with Gasteiger partial charge in [0, 0.05) is 5.88 Å². The molecule has 8 heavy (non-hydrogen) atoms. The molecule has 0 spiro atoms. The van der Waals surface area contributed by atoms with Crippen LogP contribution >= 0.6 is 11.6 Å². The quantitative estimate of drug-likeness (QED) is 0.466. The lowest BCUT2D eigenvalue weighted by molar-refractivity contribution is -0.135. The molecule has 0 aromatic carbocycles. The van der Waals surface area contributed by atoms with E-state index in [2.05, 4.69) is 0 Å². The highest BCUT2D eigenvalue weighted by molar-refractivity contribution is 6.18. The van der Waals surface area contributed by atoms with Crippen molar-refractivity contribution in [1.82, 2.24) is 0 Å². The van der Waals surface area contributed by atoms with Crippen LogP contribution in [0.15, 0.2) is 12.2 Å². The number of alkyl halides is 1. The van der Waals surface area contributed by atoms with Gasteiger partial charge in [0.2, 0.25) is 0 Å². The van der Waals surface area contributed by atoms with Crippen LogP contribution in [0.1, 0.15) is 6.42 Å². The van der Waals surface area contributed by atoms with Crippen molar-refractivity contribution in [2.24, 2.45) is 0 Å². The first-order valence-corrected chi connectivity index (χ1v) is 2.73. The topological polar surface area (TPSA) is 37.3 Å². The molecule has 2 nitrogen and oxygen atoms in total. The van der Waals surface area contributed by atoms with Crippen LogP contribution in [0.3, 0.4) is 0 Å². The fraction of sp³-hybridized carbons (Fsp3) is 0.400. The third kappa shape index (κ3) is 5.50. The Morgan fingerprint density at radius 2 is 2.25 bits per heavy atom. The second-order valence-electron chi connectivity index (χ2n) is 1.22. The Morgan fingerprint density at radius 1 is 1.62 bits per heavy atom. The number of carbonyl (C=O) groups is 1. The van der Waals surface area contributed by atoms with Gasteiger partial charge in [-0.3, -0.25) is 4.79 Å². The molecule has 0 bridgehead atoms. The standard InChI is InChI=1S/C5H7ClO2/c6-4-2-1-3-5(7)8/h1-2H,3-4H2,(H,7,8). The molecule has 0 unspecified atom stereocenters. The maximum atomic E-state index is 9.78. The normalized spacial score (nSPS) is 10.1. The SMILES string of the molecule is O=C(O)CC=CCCl. The third-order valence-corrected chi connectivity index (χ3v) is 0.726. The van der Waals surface area contributed by atoms with Crippen molar-refractivity contribution in [2.75, 3.05) is 5.88 Å². The van der Waals surface area contributed by atoms with Crippen molar-refractivity contribution in [1.29, 1.82) is 0 Å². The van der Waals surface area contributed by atoms with Crippen LogP contribution in [0.5, 0.6) is 0 Å². The number of carboxylic acid groups (broad SMARTS) is 1. The zero-order chi connectivity index (χ0) is 6.41. The van der Waals surface area contributed by atoms with Crippen molar-refractivity contribution >= 4 is 17.6 Å². The van der Waals surface area contributed by atoms with E-state index in [0.29, 0.717) is 5.88 Å². The molecule has 0 fully saturated rings. The Balaban J connectivity index is 3.16. The van der Waals surface area contributed by atoms with E-state index in [4.69, 9.17) is 16.7 Å². The van der Waals surface area contributed by atoms with E-state index in [0.717, 1.165) is 0 Å². The van der Waals surface area contributed by atoms with Crippen molar-refractivity contribution in [3.05, 3.63) is 12.2 Å². The predicted molar refractivity (Wildman–Crippen MR) is 32.1 cm³/mol. The second-order valence-corrected chi connectivity index (χ2v) is 1.53. The summed E-state index contributed by atoms with van der Waals surface area (Å²) < 4.78 is 0. The van der Waals surface area contributed by atoms with Crippen molar-refractivity contribution in [2.45, 2.75) is 6.42 Å². The summed E-state index contributed by atoms with van der Waals surface area (Å²) in [6.45, 7) is 0. The van der Waals surface area contributed by atoms with Gasteiger partial charge in [-0.1, -0.05) is 12.2 Å². The molecule has 0 amide bonds. The largest absolute Gasteiger partial charge is 0.481 e. The van der Waals surface area contributed by atoms with Gasteiger partial charge in [-0.25, -0.2) is 0 Å². The van der Waals surface area contributed by atoms with Crippen LogP contribution in [0.2, 0.25) is 0 Å². The van der Waals surface area contributed by atoms with E-state index < -0.39 is 5.97 Å². The molecule has 46 valence electrons. The molecule has 0 aliphatic rings. The maximum Gasteiger partial charge on any atom is 0.307 e. The monoisotopic (exact) mass is 134 g/mol. The van der Waals surface area contributed by atoms with Crippen molar-refractivity contribution in [3.63, 3.8) is 0 Å². The molecule has 0 aromatic heterocycles. The van der Waals surface area contributed by atoms with Crippen molar-refractivity contribution in [3.8, 4) is 0 Å². The number of rotatable bonds is 3. The molecule has 0 rings (SSSR count). The van der Waals surface area contributed by atoms with Gasteiger partial charge in [0.05, 0.1) is 6.42 Å². The summed E-state index contributed by atoms with van der Waals surface area (Å²) in [5, 5.41) is 8.05. The van der Waals surface area contributed by atoms with Crippen molar-refractivity contribution < 1.29 is 9.90 Å². The Bertz CT molecular complexity index is 98.6. The highest BCUT2D eigenvalue weighted by Crippen LogP contribution is 1.83. The zero-order valence-electron chi connectivity index (χ0n) is 4.30. The van der Waals surface area contributed by atoms with E-state index in [-0.39, 0.29) is 6.42 Å². The van der Waals surface area contributed by atoms with Gasteiger partial charge < -0.3 is 5.11 Å².